The molecule has 0 aromatic heterocycles. The molecule has 4 aromatic carbocycles. The van der Waals surface area contributed by atoms with Crippen molar-refractivity contribution in [2.75, 3.05) is 6.61 Å². The monoisotopic (exact) mass is 584 g/mol. The van der Waals surface area contributed by atoms with Gasteiger partial charge in [-0.1, -0.05) is 91.9 Å². The van der Waals surface area contributed by atoms with Crippen LogP contribution in [0.1, 0.15) is 84.1 Å². The molecule has 1 saturated heterocycles. The van der Waals surface area contributed by atoms with Gasteiger partial charge < -0.3 is 18.6 Å². The van der Waals surface area contributed by atoms with E-state index >= 15 is 0 Å². The summed E-state index contributed by atoms with van der Waals surface area (Å²) < 4.78 is 25.9. The van der Waals surface area contributed by atoms with Crippen LogP contribution in [0.4, 0.5) is 0 Å². The highest BCUT2D eigenvalue weighted by molar-refractivity contribution is 6.62. The molecular formula is C38H42B2O4. The van der Waals surface area contributed by atoms with Crippen molar-refractivity contribution in [1.82, 2.24) is 0 Å². The van der Waals surface area contributed by atoms with E-state index in [-0.39, 0.29) is 5.60 Å². The number of hydrogen-bond donors (Lipinski definition) is 0. The molecule has 224 valence electrons. The summed E-state index contributed by atoms with van der Waals surface area (Å²) in [6.45, 7) is 17.4. The van der Waals surface area contributed by atoms with E-state index < -0.39 is 30.9 Å². The zero-order valence-electron chi connectivity index (χ0n) is 27.3. The average Bonchev–Trinajstić information content (AvgIpc) is 3.55. The summed E-state index contributed by atoms with van der Waals surface area (Å²) in [5, 5.41) is 0. The molecule has 2 aliphatic carbocycles. The van der Waals surface area contributed by atoms with Crippen molar-refractivity contribution in [2.45, 2.75) is 84.0 Å². The molecule has 0 bridgehead atoms. The normalized spacial score (nSPS) is 18.2. The first-order valence-corrected chi connectivity index (χ1v) is 16.1. The van der Waals surface area contributed by atoms with Gasteiger partial charge in [0.2, 0.25) is 0 Å². The van der Waals surface area contributed by atoms with Gasteiger partial charge in [0.1, 0.15) is 0 Å². The molecule has 1 aliphatic heterocycles. The molecule has 1 heterocycles. The van der Waals surface area contributed by atoms with Gasteiger partial charge in [-0.15, -0.1) is 0 Å². The van der Waals surface area contributed by atoms with Gasteiger partial charge in [0, 0.05) is 12.2 Å². The lowest BCUT2D eigenvalue weighted by Crippen LogP contribution is -2.44. The summed E-state index contributed by atoms with van der Waals surface area (Å²) in [6, 6.07) is 31.4. The predicted molar refractivity (Wildman–Crippen MR) is 181 cm³/mol. The van der Waals surface area contributed by atoms with E-state index in [1.165, 1.54) is 44.5 Å². The number of rotatable bonds is 7. The zero-order valence-corrected chi connectivity index (χ0v) is 27.3. The standard InChI is InChI=1S/C38H42B2O4/c1-9-35(3,4)42-39(41-10-2)25-19-21-33-29(23-25)30-24-26(40-43-36(5,6)37(7,8)44-40)20-22-34(30)38(33)31-17-13-11-15-27(31)28-16-12-14-18-32(28)38/h11-24H,9-10H2,1-8H3. The maximum absolute atomic E-state index is 6.58. The maximum atomic E-state index is 6.58. The van der Waals surface area contributed by atoms with Crippen LogP contribution in [-0.4, -0.2) is 37.6 Å². The van der Waals surface area contributed by atoms with Gasteiger partial charge in [0.05, 0.1) is 16.6 Å². The van der Waals surface area contributed by atoms with Crippen LogP contribution in [0.15, 0.2) is 84.9 Å². The third kappa shape index (κ3) is 4.22. The maximum Gasteiger partial charge on any atom is 0.494 e. The van der Waals surface area contributed by atoms with Crippen LogP contribution in [0.5, 0.6) is 0 Å². The fourth-order valence-corrected chi connectivity index (χ4v) is 7.18. The fraction of sp³-hybridized carbons (Fsp3) is 0.368. The van der Waals surface area contributed by atoms with Gasteiger partial charge in [-0.2, -0.15) is 0 Å². The van der Waals surface area contributed by atoms with Gasteiger partial charge in [-0.3, -0.25) is 0 Å². The minimum absolute atomic E-state index is 0.314. The predicted octanol–water partition coefficient (Wildman–Crippen LogP) is 7.27. The summed E-state index contributed by atoms with van der Waals surface area (Å²) in [7, 11) is -0.906. The molecule has 0 saturated carbocycles. The highest BCUT2D eigenvalue weighted by Crippen LogP contribution is 2.62. The fourth-order valence-electron chi connectivity index (χ4n) is 7.18. The Hall–Kier alpha value is -3.15. The molecule has 0 amide bonds. The molecule has 0 radical (unpaired) electrons. The molecule has 0 N–H and O–H groups in total. The summed E-state index contributed by atoms with van der Waals surface area (Å²) in [4.78, 5) is 0. The van der Waals surface area contributed by atoms with E-state index in [1.807, 2.05) is 6.92 Å². The first-order valence-electron chi connectivity index (χ1n) is 16.1. The van der Waals surface area contributed by atoms with Crippen LogP contribution in [0, 0.1) is 0 Å². The van der Waals surface area contributed by atoms with E-state index in [4.69, 9.17) is 18.6 Å². The second-order valence-electron chi connectivity index (χ2n) is 14.1. The van der Waals surface area contributed by atoms with Gasteiger partial charge in [0.15, 0.2) is 0 Å². The molecule has 6 heteroatoms. The van der Waals surface area contributed by atoms with Crippen molar-refractivity contribution in [3.63, 3.8) is 0 Å². The van der Waals surface area contributed by atoms with Gasteiger partial charge in [-0.25, -0.2) is 0 Å². The van der Waals surface area contributed by atoms with Gasteiger partial charge in [-0.05, 0) is 110 Å². The topological polar surface area (TPSA) is 36.9 Å². The molecule has 44 heavy (non-hydrogen) atoms. The van der Waals surface area contributed by atoms with Gasteiger partial charge in [0.25, 0.3) is 0 Å². The molecule has 0 unspecified atom stereocenters. The van der Waals surface area contributed by atoms with Crippen LogP contribution in [0.2, 0.25) is 0 Å². The second kappa shape index (κ2) is 10.2. The second-order valence-corrected chi connectivity index (χ2v) is 14.1. The van der Waals surface area contributed by atoms with Crippen LogP contribution in [-0.2, 0) is 24.0 Å². The molecule has 4 aromatic rings. The lowest BCUT2D eigenvalue weighted by Gasteiger charge is -2.32. The summed E-state index contributed by atoms with van der Waals surface area (Å²) in [6.07, 6.45) is 0.887. The molecule has 3 aliphatic rings. The summed E-state index contributed by atoms with van der Waals surface area (Å²) in [5.74, 6) is 0. The Labute approximate surface area is 263 Å². The molecule has 7 rings (SSSR count). The van der Waals surface area contributed by atoms with Crippen molar-refractivity contribution in [3.05, 3.63) is 107 Å². The minimum Gasteiger partial charge on any atom is -0.408 e. The quantitative estimate of drug-likeness (QED) is 0.185. The van der Waals surface area contributed by atoms with E-state index in [9.17, 15) is 0 Å². The lowest BCUT2D eigenvalue weighted by molar-refractivity contribution is 0.00578. The average molecular weight is 584 g/mol. The van der Waals surface area contributed by atoms with Crippen molar-refractivity contribution in [3.8, 4) is 22.3 Å². The van der Waals surface area contributed by atoms with Gasteiger partial charge >= 0.3 is 14.2 Å². The van der Waals surface area contributed by atoms with E-state index in [2.05, 4.69) is 133 Å². The summed E-state index contributed by atoms with van der Waals surface area (Å²) in [5.41, 5.74) is 10.7. The van der Waals surface area contributed by atoms with E-state index in [0.29, 0.717) is 6.61 Å². The molecule has 1 spiro atoms. The smallest absolute Gasteiger partial charge is 0.408 e. The third-order valence-electron chi connectivity index (χ3n) is 10.5. The Morgan fingerprint density at radius 1 is 0.682 bits per heavy atom. The third-order valence-corrected chi connectivity index (χ3v) is 10.5. The Morgan fingerprint density at radius 3 is 1.77 bits per heavy atom. The van der Waals surface area contributed by atoms with Crippen LogP contribution in [0.3, 0.4) is 0 Å². The zero-order chi connectivity index (χ0) is 31.1. The highest BCUT2D eigenvalue weighted by atomic mass is 16.7. The molecule has 0 atom stereocenters. The van der Waals surface area contributed by atoms with Crippen molar-refractivity contribution >= 4 is 25.2 Å². The Bertz CT molecular complexity index is 1700. The first kappa shape index (κ1) is 29.6. The van der Waals surface area contributed by atoms with Crippen molar-refractivity contribution < 1.29 is 18.6 Å². The Morgan fingerprint density at radius 2 is 1.20 bits per heavy atom. The van der Waals surface area contributed by atoms with Crippen molar-refractivity contribution in [1.29, 1.82) is 0 Å². The van der Waals surface area contributed by atoms with Crippen molar-refractivity contribution in [2.24, 2.45) is 0 Å². The number of hydrogen-bond acceptors (Lipinski definition) is 4. The minimum atomic E-state index is -0.463. The Kier molecular flexibility index (Phi) is 6.84. The SMILES string of the molecule is CCOB(OC(C)(C)CC)c1ccc2c(c1)-c1cc(B3OC(C)(C)C(C)(C)O3)ccc1C21c2ccccc2-c2ccccc21. The largest absolute Gasteiger partial charge is 0.494 e. The van der Waals surface area contributed by atoms with Crippen LogP contribution in [0.25, 0.3) is 22.3 Å². The molecular weight excluding hydrogens is 542 g/mol. The number of benzene rings is 4. The Balaban J connectivity index is 1.47. The van der Waals surface area contributed by atoms with E-state index in [0.717, 1.165) is 17.3 Å². The highest BCUT2D eigenvalue weighted by Gasteiger charge is 2.54. The molecule has 1 fully saturated rings. The number of fused-ring (bicyclic) bond motifs is 10. The summed E-state index contributed by atoms with van der Waals surface area (Å²) >= 11 is 0. The van der Waals surface area contributed by atoms with Crippen LogP contribution >= 0.6 is 0 Å². The first-order chi connectivity index (χ1) is 20.9. The molecule has 4 nitrogen and oxygen atoms in total. The van der Waals surface area contributed by atoms with Crippen LogP contribution < -0.4 is 10.9 Å². The lowest BCUT2D eigenvalue weighted by atomic mass is 9.69. The van der Waals surface area contributed by atoms with E-state index in [1.54, 1.807) is 0 Å².